The van der Waals surface area contributed by atoms with Crippen LogP contribution in [0.15, 0.2) is 54.6 Å². The van der Waals surface area contributed by atoms with Gasteiger partial charge in [-0.3, -0.25) is 0 Å². The lowest BCUT2D eigenvalue weighted by atomic mass is 9.74. The van der Waals surface area contributed by atoms with Gasteiger partial charge in [0, 0.05) is 0 Å². The number of halogens is 1. The fourth-order valence-electron chi connectivity index (χ4n) is 4.04. The van der Waals surface area contributed by atoms with Crippen LogP contribution in [-0.4, -0.2) is 38.0 Å². The molecule has 3 rings (SSSR count). The number of aliphatic hydroxyl groups is 1. The van der Waals surface area contributed by atoms with Crippen LogP contribution in [0.4, 0.5) is 4.39 Å². The number of ether oxygens (including phenoxy) is 1. The summed E-state index contributed by atoms with van der Waals surface area (Å²) in [6.07, 6.45) is 1.50. The smallest absolute Gasteiger partial charge is 0.123 e. The summed E-state index contributed by atoms with van der Waals surface area (Å²) in [4.78, 5) is 1.45. The Kier molecular flexibility index (Phi) is 6.41. The molecule has 1 heterocycles. The highest BCUT2D eigenvalue weighted by Gasteiger charge is 2.41. The number of nitrogens with one attached hydrogen (secondary N) is 1. The summed E-state index contributed by atoms with van der Waals surface area (Å²) in [5, 5.41) is 11.9. The van der Waals surface area contributed by atoms with E-state index in [0.29, 0.717) is 6.42 Å². The van der Waals surface area contributed by atoms with Crippen molar-refractivity contribution in [1.82, 2.24) is 0 Å². The quantitative estimate of drug-likeness (QED) is 0.797. The van der Waals surface area contributed by atoms with Crippen LogP contribution in [0.2, 0.25) is 0 Å². The van der Waals surface area contributed by atoms with Crippen molar-refractivity contribution in [3.05, 3.63) is 71.5 Å². The molecule has 26 heavy (non-hydrogen) atoms. The van der Waals surface area contributed by atoms with E-state index in [2.05, 4.69) is 19.1 Å². The molecule has 0 bridgehead atoms. The highest BCUT2D eigenvalue weighted by molar-refractivity contribution is 5.31. The van der Waals surface area contributed by atoms with E-state index in [4.69, 9.17) is 4.74 Å². The van der Waals surface area contributed by atoms with Gasteiger partial charge in [0.2, 0.25) is 0 Å². The number of benzene rings is 2. The maximum absolute atomic E-state index is 13.5. The van der Waals surface area contributed by atoms with Gasteiger partial charge in [0.1, 0.15) is 24.5 Å². The van der Waals surface area contributed by atoms with Crippen LogP contribution >= 0.6 is 0 Å². The van der Waals surface area contributed by atoms with Gasteiger partial charge < -0.3 is 14.7 Å². The van der Waals surface area contributed by atoms with Crippen molar-refractivity contribution in [1.29, 1.82) is 0 Å². The topological polar surface area (TPSA) is 33.9 Å². The summed E-state index contributed by atoms with van der Waals surface area (Å²) < 4.78 is 19.0. The van der Waals surface area contributed by atoms with Gasteiger partial charge in [-0.2, -0.15) is 0 Å². The van der Waals surface area contributed by atoms with Crippen LogP contribution in [-0.2, 0) is 10.3 Å². The molecule has 0 aliphatic carbocycles. The molecule has 0 radical (unpaired) electrons. The second kappa shape index (κ2) is 8.76. The Balaban J connectivity index is 1.99. The third-order valence-electron chi connectivity index (χ3n) is 5.45. The van der Waals surface area contributed by atoms with Crippen molar-refractivity contribution < 1.29 is 19.1 Å². The molecule has 140 valence electrons. The normalized spacial score (nSPS) is 19.0. The number of quaternary nitrogens is 1. The average molecular weight is 358 g/mol. The minimum atomic E-state index is -1.02. The molecule has 1 fully saturated rings. The summed E-state index contributed by atoms with van der Waals surface area (Å²) >= 11 is 0. The highest BCUT2D eigenvalue weighted by Crippen LogP contribution is 2.40. The summed E-state index contributed by atoms with van der Waals surface area (Å²) in [6, 6.07) is 16.6. The van der Waals surface area contributed by atoms with Gasteiger partial charge in [-0.25, -0.2) is 4.39 Å². The predicted molar refractivity (Wildman–Crippen MR) is 101 cm³/mol. The molecule has 0 aromatic heterocycles. The molecule has 2 N–H and O–H groups in total. The van der Waals surface area contributed by atoms with Crippen LogP contribution in [0.1, 0.15) is 36.8 Å². The Labute approximate surface area is 155 Å². The Morgan fingerprint density at radius 1 is 1.08 bits per heavy atom. The van der Waals surface area contributed by atoms with Crippen molar-refractivity contribution in [2.45, 2.75) is 31.3 Å². The average Bonchev–Trinajstić information content (AvgIpc) is 2.68. The van der Waals surface area contributed by atoms with Crippen molar-refractivity contribution in [3.8, 4) is 0 Å². The lowest BCUT2D eigenvalue weighted by Crippen LogP contribution is -3.14. The first-order chi connectivity index (χ1) is 12.6. The van der Waals surface area contributed by atoms with Crippen LogP contribution in [0.3, 0.4) is 0 Å². The molecule has 4 heteroatoms. The standard InChI is InChI=1S/C22H28FNO2/c1-2-12-22(25,19-8-10-20(23)11-9-19)21(18-6-4-3-5-7-18)17-24-13-15-26-16-14-24/h3-11,21,25H,2,12-17H2,1H3/p+1. The molecule has 0 amide bonds. The van der Waals surface area contributed by atoms with E-state index in [0.717, 1.165) is 50.4 Å². The Bertz CT molecular complexity index is 670. The monoisotopic (exact) mass is 358 g/mol. The molecule has 3 nitrogen and oxygen atoms in total. The second-order valence-corrected chi connectivity index (χ2v) is 7.21. The van der Waals surface area contributed by atoms with E-state index in [-0.39, 0.29) is 11.7 Å². The van der Waals surface area contributed by atoms with Crippen molar-refractivity contribution in [2.75, 3.05) is 32.8 Å². The maximum Gasteiger partial charge on any atom is 0.123 e. The molecular weight excluding hydrogens is 329 g/mol. The molecule has 0 spiro atoms. The fraction of sp³-hybridized carbons (Fsp3) is 0.455. The number of hydrogen-bond donors (Lipinski definition) is 2. The Hall–Kier alpha value is -1.75. The molecule has 1 aliphatic rings. The van der Waals surface area contributed by atoms with Gasteiger partial charge in [0.15, 0.2) is 0 Å². The summed E-state index contributed by atoms with van der Waals surface area (Å²) in [7, 11) is 0. The predicted octanol–water partition coefficient (Wildman–Crippen LogP) is 2.51. The Morgan fingerprint density at radius 3 is 2.35 bits per heavy atom. The zero-order chi connectivity index (χ0) is 18.4. The van der Waals surface area contributed by atoms with Crippen molar-refractivity contribution in [2.24, 2.45) is 0 Å². The van der Waals surface area contributed by atoms with Gasteiger partial charge in [0.25, 0.3) is 0 Å². The van der Waals surface area contributed by atoms with E-state index in [1.807, 2.05) is 18.2 Å². The van der Waals surface area contributed by atoms with Crippen LogP contribution in [0.5, 0.6) is 0 Å². The van der Waals surface area contributed by atoms with Crippen molar-refractivity contribution >= 4 is 0 Å². The third-order valence-corrected chi connectivity index (χ3v) is 5.45. The second-order valence-electron chi connectivity index (χ2n) is 7.21. The molecule has 2 atom stereocenters. The number of morpholine rings is 1. The van der Waals surface area contributed by atoms with E-state index in [1.165, 1.54) is 17.0 Å². The van der Waals surface area contributed by atoms with Gasteiger partial charge >= 0.3 is 0 Å². The van der Waals surface area contributed by atoms with E-state index in [1.54, 1.807) is 12.1 Å². The first kappa shape index (κ1) is 19.0. The van der Waals surface area contributed by atoms with Gasteiger partial charge in [-0.1, -0.05) is 55.8 Å². The fourth-order valence-corrected chi connectivity index (χ4v) is 4.04. The summed E-state index contributed by atoms with van der Waals surface area (Å²) in [5.74, 6) is -0.329. The van der Waals surface area contributed by atoms with Crippen LogP contribution < -0.4 is 4.90 Å². The van der Waals surface area contributed by atoms with E-state index in [9.17, 15) is 9.50 Å². The summed E-state index contributed by atoms with van der Waals surface area (Å²) in [5.41, 5.74) is 0.906. The van der Waals surface area contributed by atoms with Gasteiger partial charge in [-0.15, -0.1) is 0 Å². The van der Waals surface area contributed by atoms with Gasteiger partial charge in [0.05, 0.1) is 25.7 Å². The molecule has 1 aliphatic heterocycles. The zero-order valence-electron chi connectivity index (χ0n) is 15.5. The lowest BCUT2D eigenvalue weighted by Gasteiger charge is -2.39. The summed E-state index contributed by atoms with van der Waals surface area (Å²) in [6.45, 7) is 6.35. The molecule has 1 saturated heterocycles. The number of rotatable bonds is 7. The van der Waals surface area contributed by atoms with Crippen LogP contribution in [0.25, 0.3) is 0 Å². The Morgan fingerprint density at radius 2 is 1.73 bits per heavy atom. The molecule has 2 unspecified atom stereocenters. The van der Waals surface area contributed by atoms with Crippen molar-refractivity contribution in [3.63, 3.8) is 0 Å². The lowest BCUT2D eigenvalue weighted by molar-refractivity contribution is -0.910. The SMILES string of the molecule is CCCC(O)(c1ccc(F)cc1)C(C[NH+]1CCOCC1)c1ccccc1. The third kappa shape index (κ3) is 4.32. The maximum atomic E-state index is 13.5. The first-order valence-electron chi connectivity index (χ1n) is 9.58. The van der Waals surface area contributed by atoms with E-state index < -0.39 is 5.60 Å². The van der Waals surface area contributed by atoms with E-state index >= 15 is 0 Å². The molecule has 2 aromatic carbocycles. The van der Waals surface area contributed by atoms with Gasteiger partial charge in [-0.05, 0) is 29.7 Å². The largest absolute Gasteiger partial charge is 0.384 e. The van der Waals surface area contributed by atoms with Crippen LogP contribution in [0, 0.1) is 5.82 Å². The molecule has 2 aromatic rings. The minimum Gasteiger partial charge on any atom is -0.384 e. The highest BCUT2D eigenvalue weighted by atomic mass is 19.1. The molecular formula is C22H29FNO2+. The molecule has 0 saturated carbocycles. The zero-order valence-corrected chi connectivity index (χ0v) is 15.5. The first-order valence-corrected chi connectivity index (χ1v) is 9.58. The minimum absolute atomic E-state index is 0.0535. The number of hydrogen-bond acceptors (Lipinski definition) is 2.